The Morgan fingerprint density at radius 2 is 2.00 bits per heavy atom. The van der Waals surface area contributed by atoms with Gasteiger partial charge in [0.1, 0.15) is 12.5 Å². The first kappa shape index (κ1) is 23.6. The van der Waals surface area contributed by atoms with Crippen LogP contribution in [-0.2, 0) is 24.4 Å². The Morgan fingerprint density at radius 3 is 2.74 bits per heavy atom. The molecule has 6 nitrogen and oxygen atoms in total. The molecule has 0 bridgehead atoms. The van der Waals surface area contributed by atoms with Crippen molar-refractivity contribution in [2.24, 2.45) is 0 Å². The number of esters is 1. The minimum Gasteiger partial charge on any atom is -0.477 e. The smallest absolute Gasteiger partial charge is 0.340 e. The molecule has 1 saturated heterocycles. The summed E-state index contributed by atoms with van der Waals surface area (Å²) in [6.07, 6.45) is 12.7. The quantitative estimate of drug-likeness (QED) is 0.456. The Kier molecular flexibility index (Phi) is 7.14. The summed E-state index contributed by atoms with van der Waals surface area (Å²) < 4.78 is 15.1. The highest BCUT2D eigenvalue weighted by Gasteiger charge is 2.31. The van der Waals surface area contributed by atoms with E-state index in [9.17, 15) is 4.79 Å². The molecule has 182 valence electrons. The highest BCUT2D eigenvalue weighted by Crippen LogP contribution is 2.43. The van der Waals surface area contributed by atoms with Gasteiger partial charge in [-0.15, -0.1) is 0 Å². The van der Waals surface area contributed by atoms with Crippen LogP contribution in [0.2, 0.25) is 0 Å². The molecule has 1 aromatic heterocycles. The number of carbonyl (C=O) groups excluding carboxylic acids is 1. The monoisotopic (exact) mass is 527 g/mol. The fourth-order valence-corrected chi connectivity index (χ4v) is 6.02. The molecular formula is C27H34BrN3O3. The Morgan fingerprint density at radius 1 is 1.18 bits per heavy atom. The molecule has 2 aliphatic heterocycles. The number of ether oxygens (including phenoxy) is 2. The summed E-state index contributed by atoms with van der Waals surface area (Å²) in [7, 11) is 2.04. The van der Waals surface area contributed by atoms with Gasteiger partial charge in [-0.1, -0.05) is 24.6 Å². The number of rotatable bonds is 6. The number of carbonyl (C=O) groups is 1. The lowest BCUT2D eigenvalue weighted by Gasteiger charge is -2.27. The van der Waals surface area contributed by atoms with Crippen molar-refractivity contribution in [1.82, 2.24) is 14.4 Å². The van der Waals surface area contributed by atoms with Crippen molar-refractivity contribution in [2.45, 2.75) is 58.7 Å². The van der Waals surface area contributed by atoms with E-state index in [0.29, 0.717) is 18.9 Å². The number of aromatic nitrogens is 1. The van der Waals surface area contributed by atoms with Crippen LogP contribution in [-0.4, -0.2) is 53.8 Å². The number of likely N-dealkylation sites (tertiary alicyclic amines) is 1. The molecule has 34 heavy (non-hydrogen) atoms. The van der Waals surface area contributed by atoms with E-state index in [1.165, 1.54) is 24.8 Å². The van der Waals surface area contributed by atoms with Gasteiger partial charge in [-0.3, -0.25) is 9.80 Å². The summed E-state index contributed by atoms with van der Waals surface area (Å²) in [4.78, 5) is 18.2. The van der Waals surface area contributed by atoms with Gasteiger partial charge in [-0.2, -0.15) is 0 Å². The van der Waals surface area contributed by atoms with E-state index < -0.39 is 0 Å². The van der Waals surface area contributed by atoms with Crippen LogP contribution in [0, 0.1) is 0 Å². The number of hydrogen-bond donors (Lipinski definition) is 0. The summed E-state index contributed by atoms with van der Waals surface area (Å²) in [5.74, 6) is 0.610. The lowest BCUT2D eigenvalue weighted by atomic mass is 10.0. The largest absolute Gasteiger partial charge is 0.477 e. The van der Waals surface area contributed by atoms with Crippen LogP contribution in [0.5, 0.6) is 5.75 Å². The summed E-state index contributed by atoms with van der Waals surface area (Å²) in [6.45, 7) is 7.14. The predicted molar refractivity (Wildman–Crippen MR) is 138 cm³/mol. The molecule has 0 unspecified atom stereocenters. The number of allylic oxidation sites excluding steroid dienone is 4. The first-order valence-electron chi connectivity index (χ1n) is 12.5. The molecule has 2 aromatic rings. The van der Waals surface area contributed by atoms with Crippen molar-refractivity contribution in [2.75, 3.05) is 33.5 Å². The average molecular weight is 528 g/mol. The lowest BCUT2D eigenvalue weighted by Crippen LogP contribution is -2.31. The van der Waals surface area contributed by atoms with Crippen molar-refractivity contribution in [3.05, 3.63) is 51.2 Å². The molecule has 0 amide bonds. The normalized spacial score (nSPS) is 19.1. The van der Waals surface area contributed by atoms with E-state index in [1.807, 2.05) is 14.0 Å². The molecule has 3 heterocycles. The zero-order chi connectivity index (χ0) is 23.7. The highest BCUT2D eigenvalue weighted by atomic mass is 79.9. The van der Waals surface area contributed by atoms with E-state index in [-0.39, 0.29) is 5.97 Å². The maximum absolute atomic E-state index is 13.5. The number of piperidine rings is 1. The molecule has 0 N–H and O–H groups in total. The second-order valence-electron chi connectivity index (χ2n) is 9.57. The fourth-order valence-electron chi connectivity index (χ4n) is 5.45. The number of hydrogen-bond acceptors (Lipinski definition) is 5. The zero-order valence-electron chi connectivity index (χ0n) is 20.2. The Hall–Kier alpha value is -2.09. The summed E-state index contributed by atoms with van der Waals surface area (Å²) in [6, 6.07) is 2.13. The summed E-state index contributed by atoms with van der Waals surface area (Å²) >= 11 is 3.77. The van der Waals surface area contributed by atoms with Crippen LogP contribution < -0.4 is 4.74 Å². The van der Waals surface area contributed by atoms with Crippen LogP contribution in [0.1, 0.15) is 60.6 Å². The maximum Gasteiger partial charge on any atom is 0.340 e. The Bertz CT molecular complexity index is 1140. The third kappa shape index (κ3) is 4.58. The van der Waals surface area contributed by atoms with Gasteiger partial charge in [-0.05, 0) is 80.3 Å². The number of halogens is 1. The molecule has 0 atom stereocenters. The minimum absolute atomic E-state index is 0.232. The van der Waals surface area contributed by atoms with Gasteiger partial charge in [-0.25, -0.2) is 4.79 Å². The van der Waals surface area contributed by atoms with Crippen molar-refractivity contribution < 1.29 is 14.3 Å². The van der Waals surface area contributed by atoms with Gasteiger partial charge >= 0.3 is 5.97 Å². The van der Waals surface area contributed by atoms with Gasteiger partial charge < -0.3 is 14.0 Å². The van der Waals surface area contributed by atoms with Gasteiger partial charge in [0.15, 0.2) is 0 Å². The van der Waals surface area contributed by atoms with Crippen molar-refractivity contribution >= 4 is 32.8 Å². The zero-order valence-corrected chi connectivity index (χ0v) is 21.8. The van der Waals surface area contributed by atoms with Crippen molar-refractivity contribution in [3.63, 3.8) is 0 Å². The molecule has 5 rings (SSSR count). The van der Waals surface area contributed by atoms with Gasteiger partial charge in [0.2, 0.25) is 0 Å². The topological polar surface area (TPSA) is 46.9 Å². The van der Waals surface area contributed by atoms with Gasteiger partial charge in [0.25, 0.3) is 0 Å². The number of benzene rings is 1. The van der Waals surface area contributed by atoms with E-state index in [4.69, 9.17) is 9.47 Å². The van der Waals surface area contributed by atoms with E-state index >= 15 is 0 Å². The Balaban J connectivity index is 1.74. The minimum atomic E-state index is -0.232. The molecule has 3 aliphatic rings. The highest BCUT2D eigenvalue weighted by molar-refractivity contribution is 9.10. The van der Waals surface area contributed by atoms with Gasteiger partial charge in [0.05, 0.1) is 22.2 Å². The molecule has 7 heteroatoms. The fraction of sp³-hybridized carbons (Fsp3) is 0.519. The first-order valence-corrected chi connectivity index (χ1v) is 13.3. The standard InChI is InChI=1S/C27H34BrN3O3/c1-3-33-27(32)25-23(17-30-12-8-5-9-13-30)31(15-19-10-6-4-7-11-19)22-14-21(28)26-20(24(22)25)16-29(2)18-34-26/h6,10-11,14H,3-5,7-9,12-13,15-18H2,1-2H3. The predicted octanol–water partition coefficient (Wildman–Crippen LogP) is 5.62. The van der Waals surface area contributed by atoms with E-state index in [0.717, 1.165) is 77.9 Å². The van der Waals surface area contributed by atoms with Crippen LogP contribution in [0.25, 0.3) is 10.9 Å². The van der Waals surface area contributed by atoms with E-state index in [1.54, 1.807) is 0 Å². The Labute approximate surface area is 210 Å². The third-order valence-electron chi connectivity index (χ3n) is 7.04. The average Bonchev–Trinajstić information content (AvgIpc) is 3.13. The van der Waals surface area contributed by atoms with Crippen LogP contribution in [0.3, 0.4) is 0 Å². The number of fused-ring (bicyclic) bond motifs is 3. The van der Waals surface area contributed by atoms with Gasteiger partial charge in [0, 0.05) is 36.3 Å². The molecule has 0 saturated carbocycles. The molecule has 1 aliphatic carbocycles. The lowest BCUT2D eigenvalue weighted by molar-refractivity contribution is 0.0525. The van der Waals surface area contributed by atoms with Crippen LogP contribution in [0.15, 0.2) is 34.3 Å². The van der Waals surface area contributed by atoms with Crippen LogP contribution in [0.4, 0.5) is 0 Å². The van der Waals surface area contributed by atoms with Crippen LogP contribution >= 0.6 is 15.9 Å². The number of nitrogens with zero attached hydrogens (tertiary/aromatic N) is 3. The SMILES string of the molecule is CCOC(=O)c1c(CN2CCCCC2)n(CC2=CCCC=C2)c2cc(Br)c3c(c12)CN(C)CO3. The van der Waals surface area contributed by atoms with Crippen molar-refractivity contribution in [3.8, 4) is 5.75 Å². The second-order valence-corrected chi connectivity index (χ2v) is 10.4. The second kappa shape index (κ2) is 10.3. The molecule has 0 spiro atoms. The van der Waals surface area contributed by atoms with E-state index in [2.05, 4.69) is 54.6 Å². The molecular weight excluding hydrogens is 494 g/mol. The summed E-state index contributed by atoms with van der Waals surface area (Å²) in [5.41, 5.74) is 5.20. The van der Waals surface area contributed by atoms with Crippen molar-refractivity contribution in [1.29, 1.82) is 0 Å². The summed E-state index contributed by atoms with van der Waals surface area (Å²) in [5, 5.41) is 0.982. The maximum atomic E-state index is 13.5. The molecule has 0 radical (unpaired) electrons. The third-order valence-corrected chi connectivity index (χ3v) is 7.63. The molecule has 1 aromatic carbocycles. The molecule has 1 fully saturated rings. The first-order chi connectivity index (χ1) is 16.6.